The second kappa shape index (κ2) is 8.30. The monoisotopic (exact) mass is 260 g/mol. The molecule has 0 heterocycles. The zero-order valence-corrected chi connectivity index (χ0v) is 11.5. The van der Waals surface area contributed by atoms with E-state index < -0.39 is 0 Å². The van der Waals surface area contributed by atoms with Crippen LogP contribution in [0.15, 0.2) is 18.2 Å². The first-order chi connectivity index (χ1) is 9.17. The molecule has 102 valence electrons. The van der Waals surface area contributed by atoms with E-state index in [-0.39, 0.29) is 5.91 Å². The molecule has 3 N–H and O–H groups in total. The van der Waals surface area contributed by atoms with Crippen molar-refractivity contribution in [2.45, 2.75) is 20.3 Å². The molecule has 0 aliphatic carbocycles. The number of benzene rings is 1. The highest BCUT2D eigenvalue weighted by molar-refractivity contribution is 5.91. The number of ether oxygens (including phenoxy) is 1. The topological polar surface area (TPSA) is 64.3 Å². The molecular weight excluding hydrogens is 240 g/mol. The number of amides is 1. The molecule has 0 aliphatic rings. The van der Waals surface area contributed by atoms with E-state index in [4.69, 9.17) is 10.5 Å². The van der Waals surface area contributed by atoms with Crippen molar-refractivity contribution in [1.29, 1.82) is 0 Å². The molecule has 4 nitrogen and oxygen atoms in total. The Morgan fingerprint density at radius 2 is 2.26 bits per heavy atom. The SMILES string of the molecule is CCOCCC(=O)Nc1ccc(C#CCN)cc1C. The van der Waals surface area contributed by atoms with Crippen molar-refractivity contribution in [3.63, 3.8) is 0 Å². The van der Waals surface area contributed by atoms with Crippen molar-refractivity contribution in [2.75, 3.05) is 25.1 Å². The number of aryl methyl sites for hydroxylation is 1. The molecule has 1 amide bonds. The maximum Gasteiger partial charge on any atom is 0.226 e. The molecule has 1 aromatic rings. The Labute approximate surface area is 114 Å². The molecule has 4 heteroatoms. The van der Waals surface area contributed by atoms with E-state index in [1.165, 1.54) is 0 Å². The minimum atomic E-state index is -0.0441. The van der Waals surface area contributed by atoms with Gasteiger partial charge in [-0.3, -0.25) is 4.79 Å². The first-order valence-corrected chi connectivity index (χ1v) is 6.34. The van der Waals surface area contributed by atoms with Gasteiger partial charge in [-0.05, 0) is 37.6 Å². The number of carbonyl (C=O) groups is 1. The largest absolute Gasteiger partial charge is 0.381 e. The van der Waals surface area contributed by atoms with Crippen LogP contribution < -0.4 is 11.1 Å². The van der Waals surface area contributed by atoms with Gasteiger partial charge in [0.25, 0.3) is 0 Å². The molecule has 0 bridgehead atoms. The number of nitrogens with one attached hydrogen (secondary N) is 1. The summed E-state index contributed by atoms with van der Waals surface area (Å²) in [6, 6.07) is 5.66. The molecule has 0 saturated heterocycles. The van der Waals surface area contributed by atoms with Crippen molar-refractivity contribution in [1.82, 2.24) is 0 Å². The highest BCUT2D eigenvalue weighted by Crippen LogP contribution is 2.16. The zero-order valence-electron chi connectivity index (χ0n) is 11.5. The molecule has 19 heavy (non-hydrogen) atoms. The van der Waals surface area contributed by atoms with Gasteiger partial charge in [0.15, 0.2) is 0 Å². The summed E-state index contributed by atoms with van der Waals surface area (Å²) in [5, 5.41) is 2.86. The van der Waals surface area contributed by atoms with Crippen molar-refractivity contribution < 1.29 is 9.53 Å². The number of rotatable bonds is 5. The summed E-state index contributed by atoms with van der Waals surface area (Å²) in [5.41, 5.74) is 8.01. The third-order valence-electron chi connectivity index (χ3n) is 2.51. The standard InChI is InChI=1S/C15H20N2O2/c1-3-19-10-8-15(18)17-14-7-6-13(5-4-9-16)11-12(14)2/h6-7,11H,3,8-10,16H2,1-2H3,(H,17,18). The number of anilines is 1. The van der Waals surface area contributed by atoms with Crippen LogP contribution in [0.25, 0.3) is 0 Å². The molecule has 1 rings (SSSR count). The fourth-order valence-corrected chi connectivity index (χ4v) is 1.56. The fourth-order valence-electron chi connectivity index (χ4n) is 1.56. The highest BCUT2D eigenvalue weighted by atomic mass is 16.5. The molecule has 0 radical (unpaired) electrons. The van der Waals surface area contributed by atoms with Crippen LogP contribution in [0.4, 0.5) is 5.69 Å². The summed E-state index contributed by atoms with van der Waals surface area (Å²) in [4.78, 5) is 11.7. The van der Waals surface area contributed by atoms with Crippen LogP contribution in [0.5, 0.6) is 0 Å². The first-order valence-electron chi connectivity index (χ1n) is 6.34. The van der Waals surface area contributed by atoms with Crippen molar-refractivity contribution in [3.05, 3.63) is 29.3 Å². The molecule has 0 spiro atoms. The van der Waals surface area contributed by atoms with Crippen LogP contribution in [0.3, 0.4) is 0 Å². The maximum atomic E-state index is 11.7. The second-order valence-electron chi connectivity index (χ2n) is 4.03. The molecule has 1 aromatic carbocycles. The minimum absolute atomic E-state index is 0.0441. The summed E-state index contributed by atoms with van der Waals surface area (Å²) in [6.45, 7) is 5.26. The third-order valence-corrected chi connectivity index (χ3v) is 2.51. The van der Waals surface area contributed by atoms with E-state index in [1.54, 1.807) is 0 Å². The summed E-state index contributed by atoms with van der Waals surface area (Å²) < 4.78 is 5.14. The van der Waals surface area contributed by atoms with Crippen molar-refractivity contribution >= 4 is 11.6 Å². The maximum absolute atomic E-state index is 11.7. The Kier molecular flexibility index (Phi) is 6.65. The van der Waals surface area contributed by atoms with Gasteiger partial charge >= 0.3 is 0 Å². The van der Waals surface area contributed by atoms with Crippen LogP contribution in [0.2, 0.25) is 0 Å². The quantitative estimate of drug-likeness (QED) is 0.625. The third kappa shape index (κ3) is 5.56. The van der Waals surface area contributed by atoms with Gasteiger partial charge in [-0.1, -0.05) is 11.8 Å². The Bertz CT molecular complexity index is 487. The predicted octanol–water partition coefficient (Wildman–Crippen LogP) is 1.67. The van der Waals surface area contributed by atoms with Crippen LogP contribution in [0, 0.1) is 18.8 Å². The Morgan fingerprint density at radius 3 is 2.89 bits per heavy atom. The minimum Gasteiger partial charge on any atom is -0.381 e. The molecular formula is C15H20N2O2. The molecule has 0 aliphatic heterocycles. The van der Waals surface area contributed by atoms with Crippen LogP contribution in [0.1, 0.15) is 24.5 Å². The fraction of sp³-hybridized carbons (Fsp3) is 0.400. The van der Waals surface area contributed by atoms with Crippen LogP contribution >= 0.6 is 0 Å². The summed E-state index contributed by atoms with van der Waals surface area (Å²) in [5.74, 6) is 5.72. The van der Waals surface area contributed by atoms with Crippen LogP contribution in [-0.4, -0.2) is 25.7 Å². The van der Waals surface area contributed by atoms with E-state index >= 15 is 0 Å². The van der Waals surface area contributed by atoms with Gasteiger partial charge in [-0.2, -0.15) is 0 Å². The normalized spacial score (nSPS) is 9.63. The van der Waals surface area contributed by atoms with Crippen molar-refractivity contribution in [3.8, 4) is 11.8 Å². The van der Waals surface area contributed by atoms with Gasteiger partial charge in [0.1, 0.15) is 0 Å². The molecule has 0 saturated carbocycles. The average Bonchev–Trinajstić information content (AvgIpc) is 2.39. The average molecular weight is 260 g/mol. The smallest absolute Gasteiger partial charge is 0.226 e. The molecule has 0 atom stereocenters. The Hall–Kier alpha value is -1.83. The van der Waals surface area contributed by atoms with E-state index in [0.29, 0.717) is 26.2 Å². The predicted molar refractivity (Wildman–Crippen MR) is 76.9 cm³/mol. The van der Waals surface area contributed by atoms with Gasteiger partial charge in [-0.15, -0.1) is 0 Å². The Morgan fingerprint density at radius 1 is 1.47 bits per heavy atom. The molecule has 0 unspecified atom stereocenters. The van der Waals surface area contributed by atoms with Crippen molar-refractivity contribution in [2.24, 2.45) is 5.73 Å². The van der Waals surface area contributed by atoms with Gasteiger partial charge in [0, 0.05) is 17.9 Å². The summed E-state index contributed by atoms with van der Waals surface area (Å²) in [6.07, 6.45) is 0.363. The lowest BCUT2D eigenvalue weighted by atomic mass is 10.1. The Balaban J connectivity index is 2.62. The lowest BCUT2D eigenvalue weighted by Gasteiger charge is -2.08. The van der Waals surface area contributed by atoms with Crippen LogP contribution in [-0.2, 0) is 9.53 Å². The lowest BCUT2D eigenvalue weighted by molar-refractivity contribution is -0.117. The van der Waals surface area contributed by atoms with E-state index in [9.17, 15) is 4.79 Å². The first kappa shape index (κ1) is 15.2. The van der Waals surface area contributed by atoms with Gasteiger partial charge in [0.2, 0.25) is 5.91 Å². The highest BCUT2D eigenvalue weighted by Gasteiger charge is 2.04. The number of hydrogen-bond donors (Lipinski definition) is 2. The second-order valence-corrected chi connectivity index (χ2v) is 4.03. The number of hydrogen-bond acceptors (Lipinski definition) is 3. The number of carbonyl (C=O) groups excluding carboxylic acids is 1. The molecule has 0 fully saturated rings. The summed E-state index contributed by atoms with van der Waals surface area (Å²) >= 11 is 0. The number of nitrogens with two attached hydrogens (primary N) is 1. The molecule has 0 aromatic heterocycles. The summed E-state index contributed by atoms with van der Waals surface area (Å²) in [7, 11) is 0. The van der Waals surface area contributed by atoms with E-state index in [1.807, 2.05) is 32.0 Å². The zero-order chi connectivity index (χ0) is 14.1. The van der Waals surface area contributed by atoms with Gasteiger partial charge < -0.3 is 15.8 Å². The lowest BCUT2D eigenvalue weighted by Crippen LogP contribution is -2.14. The van der Waals surface area contributed by atoms with Gasteiger partial charge in [0.05, 0.1) is 19.6 Å². The van der Waals surface area contributed by atoms with Gasteiger partial charge in [-0.25, -0.2) is 0 Å². The van der Waals surface area contributed by atoms with E-state index in [0.717, 1.165) is 16.8 Å². The van der Waals surface area contributed by atoms with E-state index in [2.05, 4.69) is 17.2 Å².